The van der Waals surface area contributed by atoms with Crippen LogP contribution in [0.1, 0.15) is 10.4 Å². The van der Waals surface area contributed by atoms with Crippen LogP contribution in [0.25, 0.3) is 0 Å². The molecule has 1 aromatic carbocycles. The SMILES string of the molecule is O=C(NNc1ccc(F)cn1)NC(=O)c1ccc(F)cc1F. The molecule has 2 aromatic rings. The monoisotopic (exact) mass is 310 g/mol. The van der Waals surface area contributed by atoms with E-state index in [1.54, 1.807) is 0 Å². The van der Waals surface area contributed by atoms with Crippen LogP contribution in [0, 0.1) is 17.5 Å². The molecule has 0 unspecified atom stereocenters. The molecule has 1 heterocycles. The first-order valence-electron chi connectivity index (χ1n) is 5.89. The van der Waals surface area contributed by atoms with Crippen LogP contribution in [0.4, 0.5) is 23.8 Å². The molecule has 3 N–H and O–H groups in total. The molecular weight excluding hydrogens is 301 g/mol. The normalized spacial score (nSPS) is 9.95. The predicted molar refractivity (Wildman–Crippen MR) is 70.2 cm³/mol. The zero-order valence-electron chi connectivity index (χ0n) is 10.9. The number of amides is 3. The van der Waals surface area contributed by atoms with Gasteiger partial charge in [0.2, 0.25) is 0 Å². The Balaban J connectivity index is 1.91. The van der Waals surface area contributed by atoms with E-state index < -0.39 is 35.0 Å². The third-order valence-corrected chi connectivity index (χ3v) is 2.43. The van der Waals surface area contributed by atoms with Crippen molar-refractivity contribution in [2.45, 2.75) is 0 Å². The van der Waals surface area contributed by atoms with E-state index in [-0.39, 0.29) is 5.82 Å². The van der Waals surface area contributed by atoms with Gasteiger partial charge < -0.3 is 0 Å². The van der Waals surface area contributed by atoms with Gasteiger partial charge in [-0.15, -0.1) is 0 Å². The number of nitrogens with one attached hydrogen (secondary N) is 3. The standard InChI is InChI=1S/C13H9F3N4O2/c14-7-1-3-9(10(16)5-7)12(21)18-13(22)20-19-11-4-2-8(15)6-17-11/h1-6H,(H,17,19)(H2,18,20,21,22). The lowest BCUT2D eigenvalue weighted by atomic mass is 10.2. The third-order valence-electron chi connectivity index (χ3n) is 2.43. The molecule has 0 radical (unpaired) electrons. The summed E-state index contributed by atoms with van der Waals surface area (Å²) in [4.78, 5) is 26.7. The zero-order valence-corrected chi connectivity index (χ0v) is 10.9. The van der Waals surface area contributed by atoms with Crippen molar-refractivity contribution in [2.75, 3.05) is 5.43 Å². The van der Waals surface area contributed by atoms with Crippen molar-refractivity contribution in [3.63, 3.8) is 0 Å². The Labute approximate surface area is 122 Å². The second kappa shape index (κ2) is 6.57. The van der Waals surface area contributed by atoms with E-state index in [2.05, 4.69) is 10.4 Å². The number of hydrogen-bond donors (Lipinski definition) is 3. The lowest BCUT2D eigenvalue weighted by Gasteiger charge is -2.08. The number of pyridine rings is 1. The van der Waals surface area contributed by atoms with Gasteiger partial charge in [0.05, 0.1) is 11.8 Å². The topological polar surface area (TPSA) is 83.1 Å². The van der Waals surface area contributed by atoms with Gasteiger partial charge in [0.25, 0.3) is 5.91 Å². The van der Waals surface area contributed by atoms with Gasteiger partial charge in [-0.25, -0.2) is 28.4 Å². The third kappa shape index (κ3) is 3.95. The van der Waals surface area contributed by atoms with Crippen molar-refractivity contribution in [1.82, 2.24) is 15.7 Å². The molecule has 1 aromatic heterocycles. The van der Waals surface area contributed by atoms with Gasteiger partial charge in [-0.1, -0.05) is 0 Å². The van der Waals surface area contributed by atoms with Crippen molar-refractivity contribution < 1.29 is 22.8 Å². The summed E-state index contributed by atoms with van der Waals surface area (Å²) in [7, 11) is 0. The molecule has 6 nitrogen and oxygen atoms in total. The Hall–Kier alpha value is -3.10. The molecule has 0 saturated heterocycles. The molecule has 0 aliphatic carbocycles. The number of aromatic nitrogens is 1. The first-order chi connectivity index (χ1) is 10.5. The summed E-state index contributed by atoms with van der Waals surface area (Å²) in [6, 6.07) is 3.66. The maximum absolute atomic E-state index is 13.3. The number of imide groups is 1. The molecule has 0 spiro atoms. The number of halogens is 3. The van der Waals surface area contributed by atoms with Gasteiger partial charge in [-0.3, -0.25) is 15.5 Å². The molecule has 0 aliphatic heterocycles. The first kappa shape index (κ1) is 15.3. The van der Waals surface area contributed by atoms with Crippen LogP contribution in [0.15, 0.2) is 36.5 Å². The van der Waals surface area contributed by atoms with Gasteiger partial charge in [0.15, 0.2) is 0 Å². The summed E-state index contributed by atoms with van der Waals surface area (Å²) in [5.41, 5.74) is 3.86. The van der Waals surface area contributed by atoms with Crippen LogP contribution in [0.3, 0.4) is 0 Å². The van der Waals surface area contributed by atoms with Crippen LogP contribution in [0.5, 0.6) is 0 Å². The number of hydrogen-bond acceptors (Lipinski definition) is 4. The molecule has 114 valence electrons. The minimum atomic E-state index is -1.10. The van der Waals surface area contributed by atoms with E-state index >= 15 is 0 Å². The molecule has 0 atom stereocenters. The van der Waals surface area contributed by atoms with Crippen molar-refractivity contribution >= 4 is 17.8 Å². The summed E-state index contributed by atoms with van der Waals surface area (Å²) in [5.74, 6) is -3.43. The van der Waals surface area contributed by atoms with Gasteiger partial charge in [-0.2, -0.15) is 0 Å². The smallest absolute Gasteiger partial charge is 0.280 e. The Morgan fingerprint density at radius 1 is 1.00 bits per heavy atom. The summed E-state index contributed by atoms with van der Waals surface area (Å²) < 4.78 is 38.7. The highest BCUT2D eigenvalue weighted by Gasteiger charge is 2.15. The van der Waals surface area contributed by atoms with Crippen molar-refractivity contribution in [2.24, 2.45) is 0 Å². The molecule has 9 heteroatoms. The highest BCUT2D eigenvalue weighted by molar-refractivity contribution is 6.04. The quantitative estimate of drug-likeness (QED) is 0.757. The number of benzene rings is 1. The zero-order chi connectivity index (χ0) is 16.1. The van der Waals surface area contributed by atoms with E-state index in [1.165, 1.54) is 6.07 Å². The minimum Gasteiger partial charge on any atom is -0.280 e. The number of rotatable bonds is 3. The van der Waals surface area contributed by atoms with Crippen molar-refractivity contribution in [3.05, 3.63) is 59.5 Å². The Morgan fingerprint density at radius 2 is 1.73 bits per heavy atom. The number of hydrazine groups is 1. The second-order valence-corrected chi connectivity index (χ2v) is 4.02. The van der Waals surface area contributed by atoms with E-state index in [0.717, 1.165) is 24.4 Å². The molecular formula is C13H9F3N4O2. The fourth-order valence-corrected chi connectivity index (χ4v) is 1.45. The van der Waals surface area contributed by atoms with Gasteiger partial charge in [0, 0.05) is 6.07 Å². The number of carbonyl (C=O) groups excluding carboxylic acids is 2. The molecule has 0 bridgehead atoms. The van der Waals surface area contributed by atoms with Crippen LogP contribution in [-0.2, 0) is 0 Å². The van der Waals surface area contributed by atoms with Crippen LogP contribution < -0.4 is 16.2 Å². The van der Waals surface area contributed by atoms with Crippen LogP contribution in [-0.4, -0.2) is 16.9 Å². The van der Waals surface area contributed by atoms with Crippen LogP contribution >= 0.6 is 0 Å². The molecule has 0 fully saturated rings. The molecule has 0 saturated carbocycles. The first-order valence-corrected chi connectivity index (χ1v) is 5.89. The Kier molecular flexibility index (Phi) is 4.57. The van der Waals surface area contributed by atoms with Gasteiger partial charge in [0.1, 0.15) is 23.3 Å². The van der Waals surface area contributed by atoms with Gasteiger partial charge in [-0.05, 0) is 24.3 Å². The van der Waals surface area contributed by atoms with E-state index in [1.807, 2.05) is 10.7 Å². The number of anilines is 1. The summed E-state index contributed by atoms with van der Waals surface area (Å²) in [5, 5.41) is 1.82. The average Bonchev–Trinajstić information content (AvgIpc) is 2.46. The van der Waals surface area contributed by atoms with E-state index in [9.17, 15) is 22.8 Å². The maximum atomic E-state index is 13.3. The van der Waals surface area contributed by atoms with Crippen molar-refractivity contribution in [1.29, 1.82) is 0 Å². The molecule has 0 aliphatic rings. The number of carbonyl (C=O) groups is 2. The molecule has 2 rings (SSSR count). The largest absolute Gasteiger partial charge is 0.340 e. The summed E-state index contributed by atoms with van der Waals surface area (Å²) in [6.45, 7) is 0. The van der Waals surface area contributed by atoms with Gasteiger partial charge >= 0.3 is 6.03 Å². The van der Waals surface area contributed by atoms with Crippen molar-refractivity contribution in [3.8, 4) is 0 Å². The molecule has 22 heavy (non-hydrogen) atoms. The second-order valence-electron chi connectivity index (χ2n) is 4.02. The average molecular weight is 310 g/mol. The predicted octanol–water partition coefficient (Wildman–Crippen LogP) is 1.97. The highest BCUT2D eigenvalue weighted by atomic mass is 19.1. The summed E-state index contributed by atoms with van der Waals surface area (Å²) >= 11 is 0. The minimum absolute atomic E-state index is 0.122. The van der Waals surface area contributed by atoms with E-state index in [4.69, 9.17) is 0 Å². The highest BCUT2D eigenvalue weighted by Crippen LogP contribution is 2.09. The summed E-state index contributed by atoms with van der Waals surface area (Å²) in [6.07, 6.45) is 0.918. The number of nitrogens with zero attached hydrogens (tertiary/aromatic N) is 1. The lowest BCUT2D eigenvalue weighted by molar-refractivity contribution is 0.0960. The number of urea groups is 1. The molecule has 3 amide bonds. The fraction of sp³-hybridized carbons (Fsp3) is 0. The maximum Gasteiger partial charge on any atom is 0.340 e. The lowest BCUT2D eigenvalue weighted by Crippen LogP contribution is -2.42. The van der Waals surface area contributed by atoms with Crippen LogP contribution in [0.2, 0.25) is 0 Å². The Bertz CT molecular complexity index is 707. The Morgan fingerprint density at radius 3 is 2.36 bits per heavy atom. The fourth-order valence-electron chi connectivity index (χ4n) is 1.45. The van der Waals surface area contributed by atoms with E-state index in [0.29, 0.717) is 6.07 Å².